The molecule has 1 aliphatic heterocycles. The molecule has 0 aliphatic carbocycles. The van der Waals surface area contributed by atoms with Crippen LogP contribution in [0.25, 0.3) is 0 Å². The number of hydrogen-bond donors (Lipinski definition) is 0. The van der Waals surface area contributed by atoms with Crippen molar-refractivity contribution in [3.8, 4) is 0 Å². The molecule has 1 aromatic rings. The predicted octanol–water partition coefficient (Wildman–Crippen LogP) is 6.51. The molecule has 0 bridgehead atoms. The molecule has 0 radical (unpaired) electrons. The topological polar surface area (TPSA) is 9.23 Å². The summed E-state index contributed by atoms with van der Waals surface area (Å²) in [5.74, 6) is 0. The molecule has 0 aromatic heterocycles. The van der Waals surface area contributed by atoms with Gasteiger partial charge in [-0.15, -0.1) is 0 Å². The van der Waals surface area contributed by atoms with Gasteiger partial charge in [0.2, 0.25) is 0 Å². The Kier molecular flexibility index (Phi) is 7.32. The van der Waals surface area contributed by atoms with Gasteiger partial charge in [0, 0.05) is 13.2 Å². The lowest BCUT2D eigenvalue weighted by molar-refractivity contribution is 0.00424. The normalized spacial score (nSPS) is 18.0. The standard InChI is InChI=1S/C11H22O.C11H16/c1-10(2,3)9-11(4)5-7-12-8-6-11;1-11(2,3)9-10-7-5-4-6-8-10/h5-9H2,1-4H3;4-8H,9H2,1-3H3. The van der Waals surface area contributed by atoms with Crippen molar-refractivity contribution in [1.82, 2.24) is 0 Å². The number of benzene rings is 1. The van der Waals surface area contributed by atoms with E-state index in [-0.39, 0.29) is 0 Å². The van der Waals surface area contributed by atoms with E-state index >= 15 is 0 Å². The van der Waals surface area contributed by atoms with Gasteiger partial charge in [-0.05, 0) is 47.5 Å². The molecular formula is C22H38O. The quantitative estimate of drug-likeness (QED) is 0.603. The first-order chi connectivity index (χ1) is 10.5. The molecule has 0 spiro atoms. The maximum atomic E-state index is 5.38. The summed E-state index contributed by atoms with van der Waals surface area (Å²) in [4.78, 5) is 0. The zero-order valence-corrected chi connectivity index (χ0v) is 16.5. The third-order valence-electron chi connectivity index (χ3n) is 4.23. The molecule has 0 N–H and O–H groups in total. The minimum absolute atomic E-state index is 0.404. The Morgan fingerprint density at radius 1 is 0.870 bits per heavy atom. The second-order valence-electron chi connectivity index (χ2n) is 9.88. The summed E-state index contributed by atoms with van der Waals surface area (Å²) in [7, 11) is 0. The van der Waals surface area contributed by atoms with Crippen molar-refractivity contribution >= 4 is 0 Å². The fraction of sp³-hybridized carbons (Fsp3) is 0.727. The van der Waals surface area contributed by atoms with Crippen LogP contribution in [0, 0.1) is 16.2 Å². The minimum atomic E-state index is 0.404. The largest absolute Gasteiger partial charge is 0.381 e. The minimum Gasteiger partial charge on any atom is -0.381 e. The van der Waals surface area contributed by atoms with Crippen LogP contribution in [0.3, 0.4) is 0 Å². The van der Waals surface area contributed by atoms with Crippen molar-refractivity contribution in [3.63, 3.8) is 0 Å². The second kappa shape index (κ2) is 8.33. The first-order valence-corrected chi connectivity index (χ1v) is 9.11. The molecular weight excluding hydrogens is 280 g/mol. The Hall–Kier alpha value is -0.820. The van der Waals surface area contributed by atoms with Gasteiger partial charge in [-0.2, -0.15) is 0 Å². The van der Waals surface area contributed by atoms with Crippen LogP contribution in [0.5, 0.6) is 0 Å². The zero-order valence-electron chi connectivity index (χ0n) is 16.5. The van der Waals surface area contributed by atoms with E-state index < -0.39 is 0 Å². The average Bonchev–Trinajstić information content (AvgIpc) is 2.36. The van der Waals surface area contributed by atoms with Crippen molar-refractivity contribution in [2.45, 2.75) is 74.1 Å². The maximum Gasteiger partial charge on any atom is 0.0471 e. The van der Waals surface area contributed by atoms with Crippen LogP contribution in [-0.2, 0) is 11.2 Å². The highest BCUT2D eigenvalue weighted by Crippen LogP contribution is 2.40. The molecule has 1 saturated heterocycles. The SMILES string of the molecule is CC(C)(C)CC1(C)CCOCC1.CC(C)(C)Cc1ccccc1. The van der Waals surface area contributed by atoms with E-state index in [1.165, 1.54) is 24.8 Å². The number of hydrogen-bond acceptors (Lipinski definition) is 1. The van der Waals surface area contributed by atoms with Gasteiger partial charge in [-0.3, -0.25) is 0 Å². The molecule has 1 fully saturated rings. The summed E-state index contributed by atoms with van der Waals surface area (Å²) < 4.78 is 5.38. The molecule has 0 unspecified atom stereocenters. The third kappa shape index (κ3) is 9.81. The van der Waals surface area contributed by atoms with Gasteiger partial charge >= 0.3 is 0 Å². The van der Waals surface area contributed by atoms with Crippen molar-refractivity contribution in [1.29, 1.82) is 0 Å². The third-order valence-corrected chi connectivity index (χ3v) is 4.23. The number of rotatable bonds is 2. The van der Waals surface area contributed by atoms with Gasteiger partial charge in [0.1, 0.15) is 0 Å². The van der Waals surface area contributed by atoms with Crippen molar-refractivity contribution in [3.05, 3.63) is 35.9 Å². The fourth-order valence-electron chi connectivity index (χ4n) is 3.53. The Balaban J connectivity index is 0.000000231. The van der Waals surface area contributed by atoms with Crippen molar-refractivity contribution in [2.24, 2.45) is 16.2 Å². The molecule has 1 heterocycles. The summed E-state index contributed by atoms with van der Waals surface area (Å²) in [5.41, 5.74) is 2.84. The van der Waals surface area contributed by atoms with E-state index in [9.17, 15) is 0 Å². The van der Waals surface area contributed by atoms with Crippen molar-refractivity contribution in [2.75, 3.05) is 13.2 Å². The smallest absolute Gasteiger partial charge is 0.0471 e. The van der Waals surface area contributed by atoms with E-state index in [1.54, 1.807) is 0 Å². The van der Waals surface area contributed by atoms with Crippen LogP contribution < -0.4 is 0 Å². The lowest BCUT2D eigenvalue weighted by Gasteiger charge is -2.38. The van der Waals surface area contributed by atoms with Crippen LogP contribution in [0.1, 0.15) is 73.3 Å². The zero-order chi connectivity index (χ0) is 17.6. The van der Waals surface area contributed by atoms with Crippen LogP contribution in [0.15, 0.2) is 30.3 Å². The molecule has 2 rings (SSSR count). The van der Waals surface area contributed by atoms with Gasteiger partial charge in [0.05, 0.1) is 0 Å². The molecule has 0 amide bonds. The Morgan fingerprint density at radius 3 is 1.83 bits per heavy atom. The summed E-state index contributed by atoms with van der Waals surface area (Å²) in [6.07, 6.45) is 4.96. The average molecular weight is 319 g/mol. The highest BCUT2D eigenvalue weighted by atomic mass is 16.5. The molecule has 1 aliphatic rings. The van der Waals surface area contributed by atoms with Gasteiger partial charge in [0.15, 0.2) is 0 Å². The monoisotopic (exact) mass is 318 g/mol. The molecule has 23 heavy (non-hydrogen) atoms. The van der Waals surface area contributed by atoms with E-state index in [1.807, 2.05) is 0 Å². The molecule has 132 valence electrons. The van der Waals surface area contributed by atoms with Gasteiger partial charge in [-0.25, -0.2) is 0 Å². The molecule has 1 heteroatoms. The van der Waals surface area contributed by atoms with E-state index in [2.05, 4.69) is 78.8 Å². The van der Waals surface area contributed by atoms with Crippen LogP contribution in [0.4, 0.5) is 0 Å². The first-order valence-electron chi connectivity index (χ1n) is 9.11. The summed E-state index contributed by atoms with van der Waals surface area (Å²) >= 11 is 0. The first kappa shape index (κ1) is 20.2. The molecule has 1 aromatic carbocycles. The lowest BCUT2D eigenvalue weighted by Crippen LogP contribution is -2.30. The summed E-state index contributed by atoms with van der Waals surface area (Å²) in [6, 6.07) is 10.6. The number of ether oxygens (including phenoxy) is 1. The summed E-state index contributed by atoms with van der Waals surface area (Å²) in [6.45, 7) is 18.1. The van der Waals surface area contributed by atoms with E-state index in [0.717, 1.165) is 19.6 Å². The molecule has 0 atom stereocenters. The van der Waals surface area contributed by atoms with Gasteiger partial charge in [0.25, 0.3) is 0 Å². The Morgan fingerprint density at radius 2 is 1.39 bits per heavy atom. The summed E-state index contributed by atoms with van der Waals surface area (Å²) in [5, 5.41) is 0. The maximum absolute atomic E-state index is 5.38. The highest BCUT2D eigenvalue weighted by molar-refractivity contribution is 5.15. The molecule has 0 saturated carbocycles. The second-order valence-corrected chi connectivity index (χ2v) is 9.88. The van der Waals surface area contributed by atoms with E-state index in [4.69, 9.17) is 4.74 Å². The molecule has 1 nitrogen and oxygen atoms in total. The lowest BCUT2D eigenvalue weighted by atomic mass is 9.71. The van der Waals surface area contributed by atoms with E-state index in [0.29, 0.717) is 16.2 Å². The van der Waals surface area contributed by atoms with Crippen LogP contribution >= 0.6 is 0 Å². The Labute approximate surface area is 144 Å². The highest BCUT2D eigenvalue weighted by Gasteiger charge is 2.31. The Bertz CT molecular complexity index is 427. The predicted molar refractivity (Wildman–Crippen MR) is 102 cm³/mol. The van der Waals surface area contributed by atoms with Gasteiger partial charge in [-0.1, -0.05) is 78.8 Å². The van der Waals surface area contributed by atoms with Gasteiger partial charge < -0.3 is 4.74 Å². The van der Waals surface area contributed by atoms with Crippen LogP contribution in [-0.4, -0.2) is 13.2 Å². The van der Waals surface area contributed by atoms with Crippen LogP contribution in [0.2, 0.25) is 0 Å². The fourth-order valence-corrected chi connectivity index (χ4v) is 3.53. The van der Waals surface area contributed by atoms with Crippen molar-refractivity contribution < 1.29 is 4.74 Å².